The van der Waals surface area contributed by atoms with Crippen molar-refractivity contribution in [3.8, 4) is 5.75 Å². The van der Waals surface area contributed by atoms with Gasteiger partial charge in [-0.15, -0.1) is 0 Å². The average Bonchev–Trinajstić information content (AvgIpc) is 2.72. The van der Waals surface area contributed by atoms with E-state index >= 15 is 0 Å². The van der Waals surface area contributed by atoms with Crippen molar-refractivity contribution in [2.45, 2.75) is 25.6 Å². The molecule has 29 heavy (non-hydrogen) atoms. The standard InChI is InChI=1S/C23H19BrClFN2O/c1-13-2-4-14(5-3-13)20-12-21(18-11-16(25)7-9-22(18)29)28-23(27-20)17-10-15(24)6-8-19(17)26/h2-11,21,23,28-29H,12H2,1H3/t21-,23+/m0/s1. The molecule has 3 nitrogen and oxygen atoms in total. The fraction of sp³-hybridized carbons (Fsp3) is 0.174. The van der Waals surface area contributed by atoms with Gasteiger partial charge in [0.25, 0.3) is 0 Å². The van der Waals surface area contributed by atoms with E-state index in [9.17, 15) is 9.50 Å². The Kier molecular flexibility index (Phi) is 5.72. The molecule has 2 atom stereocenters. The average molecular weight is 474 g/mol. The van der Waals surface area contributed by atoms with Crippen LogP contribution in [0.25, 0.3) is 0 Å². The highest BCUT2D eigenvalue weighted by Gasteiger charge is 2.29. The molecule has 3 aromatic rings. The number of halogens is 3. The van der Waals surface area contributed by atoms with Gasteiger partial charge in [-0.2, -0.15) is 0 Å². The first kappa shape index (κ1) is 20.1. The second kappa shape index (κ2) is 8.27. The summed E-state index contributed by atoms with van der Waals surface area (Å²) in [5, 5.41) is 14.3. The predicted molar refractivity (Wildman–Crippen MR) is 118 cm³/mol. The zero-order valence-corrected chi connectivity index (χ0v) is 18.0. The quantitative estimate of drug-likeness (QED) is 0.457. The normalized spacial score (nSPS) is 19.1. The van der Waals surface area contributed by atoms with Crippen molar-refractivity contribution in [3.63, 3.8) is 0 Å². The lowest BCUT2D eigenvalue weighted by Crippen LogP contribution is -2.33. The third kappa shape index (κ3) is 4.37. The van der Waals surface area contributed by atoms with Crippen LogP contribution in [0.2, 0.25) is 5.02 Å². The highest BCUT2D eigenvalue weighted by Crippen LogP contribution is 2.36. The van der Waals surface area contributed by atoms with E-state index in [4.69, 9.17) is 16.6 Å². The van der Waals surface area contributed by atoms with E-state index in [2.05, 4.69) is 21.2 Å². The van der Waals surface area contributed by atoms with Gasteiger partial charge in [-0.1, -0.05) is 57.4 Å². The highest BCUT2D eigenvalue weighted by molar-refractivity contribution is 9.10. The first-order chi connectivity index (χ1) is 13.9. The Morgan fingerprint density at radius 2 is 1.83 bits per heavy atom. The summed E-state index contributed by atoms with van der Waals surface area (Å²) in [5.74, 6) is -0.195. The van der Waals surface area contributed by atoms with Gasteiger partial charge in [0.15, 0.2) is 0 Å². The van der Waals surface area contributed by atoms with Gasteiger partial charge in [0.1, 0.15) is 17.7 Å². The Labute approximate surface area is 182 Å². The number of benzene rings is 3. The number of aromatic hydroxyl groups is 1. The molecule has 0 aliphatic carbocycles. The van der Waals surface area contributed by atoms with Crippen molar-refractivity contribution in [1.82, 2.24) is 5.32 Å². The van der Waals surface area contributed by atoms with Crippen molar-refractivity contribution < 1.29 is 9.50 Å². The number of rotatable bonds is 3. The Balaban J connectivity index is 1.80. The predicted octanol–water partition coefficient (Wildman–Crippen LogP) is 6.48. The summed E-state index contributed by atoms with van der Waals surface area (Å²) in [4.78, 5) is 4.81. The van der Waals surface area contributed by atoms with E-state index in [1.54, 1.807) is 30.3 Å². The van der Waals surface area contributed by atoms with Crippen molar-refractivity contribution >= 4 is 33.2 Å². The van der Waals surface area contributed by atoms with E-state index in [0.717, 1.165) is 21.3 Å². The van der Waals surface area contributed by atoms with Crippen LogP contribution in [-0.2, 0) is 0 Å². The second-order valence-corrected chi connectivity index (χ2v) is 8.49. The van der Waals surface area contributed by atoms with Crippen molar-refractivity contribution in [2.24, 2.45) is 4.99 Å². The van der Waals surface area contributed by atoms with Crippen molar-refractivity contribution in [2.75, 3.05) is 0 Å². The van der Waals surface area contributed by atoms with Crippen LogP contribution in [0.1, 0.15) is 40.9 Å². The SMILES string of the molecule is Cc1ccc(C2=N[C@@H](c3cc(Br)ccc3F)N[C@H](c3cc(Cl)ccc3O)C2)cc1. The van der Waals surface area contributed by atoms with E-state index in [1.807, 2.05) is 31.2 Å². The van der Waals surface area contributed by atoms with Crippen LogP contribution in [0, 0.1) is 12.7 Å². The summed E-state index contributed by atoms with van der Waals surface area (Å²) in [6, 6.07) is 17.6. The molecular formula is C23H19BrClFN2O. The van der Waals surface area contributed by atoms with Crippen LogP contribution in [0.4, 0.5) is 4.39 Å². The topological polar surface area (TPSA) is 44.6 Å². The molecule has 0 saturated carbocycles. The number of phenolic OH excluding ortho intramolecular Hbond substituents is 1. The highest BCUT2D eigenvalue weighted by atomic mass is 79.9. The number of hydrogen-bond donors (Lipinski definition) is 2. The van der Waals surface area contributed by atoms with E-state index < -0.39 is 6.17 Å². The molecule has 2 N–H and O–H groups in total. The molecule has 0 fully saturated rings. The van der Waals surface area contributed by atoms with Crippen LogP contribution in [-0.4, -0.2) is 10.8 Å². The largest absolute Gasteiger partial charge is 0.508 e. The van der Waals surface area contributed by atoms with Gasteiger partial charge in [0, 0.05) is 38.8 Å². The molecular weight excluding hydrogens is 455 g/mol. The lowest BCUT2D eigenvalue weighted by molar-refractivity contribution is 0.405. The maximum atomic E-state index is 14.6. The molecule has 4 rings (SSSR count). The van der Waals surface area contributed by atoms with Gasteiger partial charge >= 0.3 is 0 Å². The first-order valence-corrected chi connectivity index (χ1v) is 10.4. The Morgan fingerprint density at radius 3 is 2.59 bits per heavy atom. The monoisotopic (exact) mass is 472 g/mol. The molecule has 3 aromatic carbocycles. The lowest BCUT2D eigenvalue weighted by Gasteiger charge is -2.31. The Bertz CT molecular complexity index is 1080. The zero-order chi connectivity index (χ0) is 20.5. The zero-order valence-electron chi connectivity index (χ0n) is 15.7. The van der Waals surface area contributed by atoms with Gasteiger partial charge in [0.2, 0.25) is 0 Å². The maximum Gasteiger partial charge on any atom is 0.129 e. The fourth-order valence-corrected chi connectivity index (χ4v) is 4.07. The van der Waals surface area contributed by atoms with Crippen LogP contribution < -0.4 is 5.32 Å². The third-order valence-corrected chi connectivity index (χ3v) is 5.77. The summed E-state index contributed by atoms with van der Waals surface area (Å²) in [6.45, 7) is 2.03. The minimum atomic E-state index is -0.596. The molecule has 148 valence electrons. The molecule has 1 aliphatic rings. The summed E-state index contributed by atoms with van der Waals surface area (Å²) >= 11 is 9.58. The van der Waals surface area contributed by atoms with Crippen LogP contribution in [0.3, 0.4) is 0 Å². The molecule has 0 bridgehead atoms. The minimum absolute atomic E-state index is 0.144. The van der Waals surface area contributed by atoms with Crippen LogP contribution in [0.15, 0.2) is 70.1 Å². The lowest BCUT2D eigenvalue weighted by atomic mass is 9.93. The molecule has 0 amide bonds. The van der Waals surface area contributed by atoms with E-state index in [0.29, 0.717) is 22.6 Å². The first-order valence-electron chi connectivity index (χ1n) is 9.24. The van der Waals surface area contributed by atoms with E-state index in [1.165, 1.54) is 6.07 Å². The summed E-state index contributed by atoms with van der Waals surface area (Å²) in [6.07, 6.45) is -0.0516. The Hall–Kier alpha value is -2.21. The van der Waals surface area contributed by atoms with E-state index in [-0.39, 0.29) is 17.6 Å². The number of nitrogens with one attached hydrogen (secondary N) is 1. The Morgan fingerprint density at radius 1 is 1.07 bits per heavy atom. The molecule has 0 spiro atoms. The third-order valence-electron chi connectivity index (χ3n) is 5.04. The molecule has 0 radical (unpaired) electrons. The second-order valence-electron chi connectivity index (χ2n) is 7.14. The number of nitrogens with zero attached hydrogens (tertiary/aromatic N) is 1. The number of aliphatic imine (C=N–C) groups is 1. The summed E-state index contributed by atoms with van der Waals surface area (Å²) in [7, 11) is 0. The van der Waals surface area contributed by atoms with Crippen LogP contribution >= 0.6 is 27.5 Å². The van der Waals surface area contributed by atoms with Crippen molar-refractivity contribution in [3.05, 3.63) is 98.2 Å². The number of phenols is 1. The maximum absolute atomic E-state index is 14.6. The molecule has 0 unspecified atom stereocenters. The number of hydrogen-bond acceptors (Lipinski definition) is 3. The van der Waals surface area contributed by atoms with Gasteiger partial charge in [-0.25, -0.2) is 4.39 Å². The van der Waals surface area contributed by atoms with Crippen molar-refractivity contribution in [1.29, 1.82) is 0 Å². The van der Waals surface area contributed by atoms with Gasteiger partial charge in [0.05, 0.1) is 0 Å². The molecule has 6 heteroatoms. The summed E-state index contributed by atoms with van der Waals surface area (Å²) in [5.41, 5.74) is 4.08. The molecule has 1 heterocycles. The summed E-state index contributed by atoms with van der Waals surface area (Å²) < 4.78 is 15.4. The van der Waals surface area contributed by atoms with Gasteiger partial charge < -0.3 is 5.11 Å². The van der Waals surface area contributed by atoms with Crippen LogP contribution in [0.5, 0.6) is 5.75 Å². The molecule has 0 saturated heterocycles. The van der Waals surface area contributed by atoms with Gasteiger partial charge in [-0.05, 0) is 48.9 Å². The molecule has 1 aliphatic heterocycles. The molecule has 0 aromatic heterocycles. The minimum Gasteiger partial charge on any atom is -0.508 e. The number of aryl methyl sites for hydroxylation is 1. The van der Waals surface area contributed by atoms with Gasteiger partial charge in [-0.3, -0.25) is 10.3 Å². The smallest absolute Gasteiger partial charge is 0.129 e. The fourth-order valence-electron chi connectivity index (χ4n) is 3.51.